The summed E-state index contributed by atoms with van der Waals surface area (Å²) in [6.07, 6.45) is 3.49. The van der Waals surface area contributed by atoms with Crippen molar-refractivity contribution in [2.24, 2.45) is 0 Å². The lowest BCUT2D eigenvalue weighted by Gasteiger charge is -2.26. The molecule has 1 amide bonds. The lowest BCUT2D eigenvalue weighted by atomic mass is 10.2. The van der Waals surface area contributed by atoms with E-state index in [1.165, 1.54) is 11.3 Å². The molecule has 174 valence electrons. The maximum Gasteiger partial charge on any atom is 0.264 e. The summed E-state index contributed by atoms with van der Waals surface area (Å²) in [6, 6.07) is 10.0. The first-order chi connectivity index (χ1) is 16.1. The van der Waals surface area contributed by atoms with E-state index in [9.17, 15) is 4.79 Å². The summed E-state index contributed by atoms with van der Waals surface area (Å²) in [7, 11) is 0. The molecular formula is C24H31N7OS. The summed E-state index contributed by atoms with van der Waals surface area (Å²) in [6.45, 7) is 15.1. The van der Waals surface area contributed by atoms with Crippen LogP contribution in [0.15, 0.2) is 55.6 Å². The van der Waals surface area contributed by atoms with Gasteiger partial charge in [0.05, 0.1) is 4.88 Å². The Hall–Kier alpha value is -3.46. The first-order valence-corrected chi connectivity index (χ1v) is 11.9. The molecule has 2 heterocycles. The zero-order chi connectivity index (χ0) is 23.6. The van der Waals surface area contributed by atoms with Crippen LogP contribution in [0.1, 0.15) is 23.5 Å². The fraction of sp³-hybridized carbons (Fsp3) is 0.333. The molecule has 3 aromatic rings. The average molecular weight is 466 g/mol. The minimum absolute atomic E-state index is 0.0482. The number of fused-ring (bicyclic) bond motifs is 1. The van der Waals surface area contributed by atoms with Crippen molar-refractivity contribution in [1.29, 1.82) is 0 Å². The number of likely N-dealkylation sites (N-methyl/N-ethyl adjacent to an activating group) is 2. The van der Waals surface area contributed by atoms with Gasteiger partial charge in [0.1, 0.15) is 0 Å². The highest BCUT2D eigenvalue weighted by molar-refractivity contribution is 7.20. The standard InChI is InChI=1S/C24H31N7OS/c1-5-13-25-22-27-23(26-14-6-2)29-24(28-22)31(8-4)16-15-30(7-3)21(32)20-17-18-11-9-10-12-19(18)33-20/h5-6,9-12,17H,1-2,7-8,13-16H2,3-4H3,(H2,25,26,27,28,29). The molecule has 0 atom stereocenters. The van der Waals surface area contributed by atoms with E-state index in [4.69, 9.17) is 0 Å². The number of hydrogen-bond acceptors (Lipinski definition) is 8. The molecule has 2 aromatic heterocycles. The maximum atomic E-state index is 13.2. The zero-order valence-corrected chi connectivity index (χ0v) is 20.1. The van der Waals surface area contributed by atoms with E-state index in [0.29, 0.717) is 57.1 Å². The van der Waals surface area contributed by atoms with Crippen molar-refractivity contribution in [3.63, 3.8) is 0 Å². The quantitative estimate of drug-likeness (QED) is 0.365. The van der Waals surface area contributed by atoms with Crippen molar-refractivity contribution in [2.75, 3.05) is 54.8 Å². The monoisotopic (exact) mass is 465 g/mol. The van der Waals surface area contributed by atoms with E-state index < -0.39 is 0 Å². The Kier molecular flexibility index (Phi) is 8.77. The Balaban J connectivity index is 1.74. The van der Waals surface area contributed by atoms with Crippen LogP contribution in [0.2, 0.25) is 0 Å². The van der Waals surface area contributed by atoms with Gasteiger partial charge in [-0.05, 0) is 31.4 Å². The Bertz CT molecular complexity index is 1030. The van der Waals surface area contributed by atoms with Gasteiger partial charge in [-0.1, -0.05) is 30.4 Å². The second-order valence-electron chi connectivity index (χ2n) is 7.23. The number of benzene rings is 1. The minimum atomic E-state index is 0.0482. The fourth-order valence-corrected chi connectivity index (χ4v) is 4.31. The van der Waals surface area contributed by atoms with Gasteiger partial charge in [-0.3, -0.25) is 4.79 Å². The van der Waals surface area contributed by atoms with E-state index >= 15 is 0 Å². The van der Waals surface area contributed by atoms with E-state index in [1.807, 2.05) is 54.0 Å². The van der Waals surface area contributed by atoms with Crippen molar-refractivity contribution in [2.45, 2.75) is 13.8 Å². The van der Waals surface area contributed by atoms with Gasteiger partial charge >= 0.3 is 0 Å². The maximum absolute atomic E-state index is 13.2. The highest BCUT2D eigenvalue weighted by Gasteiger charge is 2.19. The van der Waals surface area contributed by atoms with Crippen molar-refractivity contribution in [1.82, 2.24) is 19.9 Å². The summed E-state index contributed by atoms with van der Waals surface area (Å²) in [5, 5.41) is 7.34. The summed E-state index contributed by atoms with van der Waals surface area (Å²) >= 11 is 1.53. The van der Waals surface area contributed by atoms with Gasteiger partial charge in [0.2, 0.25) is 17.8 Å². The molecule has 0 fully saturated rings. The predicted octanol–water partition coefficient (Wildman–Crippen LogP) is 4.27. The first-order valence-electron chi connectivity index (χ1n) is 11.1. The molecule has 0 saturated heterocycles. The van der Waals surface area contributed by atoms with Crippen LogP contribution in [0.25, 0.3) is 10.1 Å². The third-order valence-electron chi connectivity index (χ3n) is 5.04. The molecule has 9 heteroatoms. The van der Waals surface area contributed by atoms with Crippen LogP contribution in [-0.4, -0.2) is 65.0 Å². The molecule has 3 rings (SSSR count). The summed E-state index contributed by atoms with van der Waals surface area (Å²) in [5.74, 6) is 1.54. The first kappa shape index (κ1) is 24.2. The lowest BCUT2D eigenvalue weighted by molar-refractivity contribution is 0.0773. The van der Waals surface area contributed by atoms with Crippen LogP contribution in [0, 0.1) is 0 Å². The molecule has 33 heavy (non-hydrogen) atoms. The second-order valence-corrected chi connectivity index (χ2v) is 8.32. The third-order valence-corrected chi connectivity index (χ3v) is 6.15. The number of carbonyl (C=O) groups excluding carboxylic acids is 1. The number of carbonyl (C=O) groups is 1. The van der Waals surface area contributed by atoms with Gasteiger partial charge < -0.3 is 20.4 Å². The number of aromatic nitrogens is 3. The molecule has 1 aromatic carbocycles. The fourth-order valence-electron chi connectivity index (χ4n) is 3.28. The number of amides is 1. The van der Waals surface area contributed by atoms with E-state index in [1.54, 1.807) is 12.2 Å². The number of rotatable bonds is 13. The second kappa shape index (κ2) is 12.0. The van der Waals surface area contributed by atoms with E-state index in [2.05, 4.69) is 38.7 Å². The molecule has 0 aliphatic carbocycles. The molecule has 0 aliphatic rings. The van der Waals surface area contributed by atoms with Crippen molar-refractivity contribution in [3.05, 3.63) is 60.5 Å². The highest BCUT2D eigenvalue weighted by Crippen LogP contribution is 2.26. The van der Waals surface area contributed by atoms with Gasteiger partial charge in [0, 0.05) is 44.0 Å². The van der Waals surface area contributed by atoms with Crippen LogP contribution in [0.4, 0.5) is 17.8 Å². The molecule has 0 spiro atoms. The molecular weight excluding hydrogens is 434 g/mol. The number of thiophene rings is 1. The Morgan fingerprint density at radius 1 is 1.00 bits per heavy atom. The number of hydrogen-bond donors (Lipinski definition) is 2. The minimum Gasteiger partial charge on any atom is -0.351 e. The third kappa shape index (κ3) is 6.29. The van der Waals surface area contributed by atoms with Gasteiger partial charge in [0.25, 0.3) is 5.91 Å². The lowest BCUT2D eigenvalue weighted by Crippen LogP contribution is -2.39. The van der Waals surface area contributed by atoms with Crippen molar-refractivity contribution >= 4 is 45.2 Å². The normalized spacial score (nSPS) is 10.6. The molecule has 2 N–H and O–H groups in total. The molecule has 0 bridgehead atoms. The Morgan fingerprint density at radius 2 is 1.67 bits per heavy atom. The predicted molar refractivity (Wildman–Crippen MR) is 138 cm³/mol. The van der Waals surface area contributed by atoms with Gasteiger partial charge in [-0.2, -0.15) is 15.0 Å². The number of nitrogens with one attached hydrogen (secondary N) is 2. The van der Waals surface area contributed by atoms with E-state index in [0.717, 1.165) is 15.0 Å². The molecule has 0 aliphatic heterocycles. The molecule has 0 saturated carbocycles. The van der Waals surface area contributed by atoms with Crippen molar-refractivity contribution < 1.29 is 4.79 Å². The summed E-state index contributed by atoms with van der Waals surface area (Å²) < 4.78 is 1.12. The van der Waals surface area contributed by atoms with Gasteiger partial charge in [0.15, 0.2) is 0 Å². The van der Waals surface area contributed by atoms with Gasteiger partial charge in [-0.15, -0.1) is 24.5 Å². The Labute approximate surface area is 199 Å². The number of anilines is 3. The molecule has 8 nitrogen and oxygen atoms in total. The highest BCUT2D eigenvalue weighted by atomic mass is 32.1. The van der Waals surface area contributed by atoms with Crippen LogP contribution in [0.3, 0.4) is 0 Å². The average Bonchev–Trinajstić information content (AvgIpc) is 3.28. The largest absolute Gasteiger partial charge is 0.351 e. The smallest absolute Gasteiger partial charge is 0.264 e. The zero-order valence-electron chi connectivity index (χ0n) is 19.3. The summed E-state index contributed by atoms with van der Waals surface area (Å²) in [5.41, 5.74) is 0. The van der Waals surface area contributed by atoms with Crippen LogP contribution < -0.4 is 15.5 Å². The SMILES string of the molecule is C=CCNc1nc(NCC=C)nc(N(CC)CCN(CC)C(=O)c2cc3ccccc3s2)n1. The molecule has 0 radical (unpaired) electrons. The molecule has 0 unspecified atom stereocenters. The van der Waals surface area contributed by atoms with Crippen molar-refractivity contribution in [3.8, 4) is 0 Å². The van der Waals surface area contributed by atoms with Crippen LogP contribution in [-0.2, 0) is 0 Å². The summed E-state index contributed by atoms with van der Waals surface area (Å²) in [4.78, 5) is 31.4. The van der Waals surface area contributed by atoms with Crippen LogP contribution in [0.5, 0.6) is 0 Å². The van der Waals surface area contributed by atoms with Crippen LogP contribution >= 0.6 is 11.3 Å². The van der Waals surface area contributed by atoms with E-state index in [-0.39, 0.29) is 5.91 Å². The van der Waals surface area contributed by atoms with Gasteiger partial charge in [-0.25, -0.2) is 0 Å². The Morgan fingerprint density at radius 3 is 2.24 bits per heavy atom. The number of nitrogens with zero attached hydrogens (tertiary/aromatic N) is 5. The topological polar surface area (TPSA) is 86.3 Å².